The van der Waals surface area contributed by atoms with E-state index >= 15 is 0 Å². The van der Waals surface area contributed by atoms with Crippen LogP contribution in [-0.4, -0.2) is 52.1 Å². The monoisotopic (exact) mass is 308 g/mol. The fourth-order valence-corrected chi connectivity index (χ4v) is 2.81. The molecule has 1 aliphatic rings. The topological polar surface area (TPSA) is 53.3 Å². The number of nitrogens with one attached hydrogen (secondary N) is 1. The minimum atomic E-state index is -0.300. The van der Waals surface area contributed by atoms with Gasteiger partial charge in [-0.2, -0.15) is 5.10 Å². The third kappa shape index (κ3) is 5.38. The van der Waals surface area contributed by atoms with Crippen LogP contribution in [0.4, 0.5) is 0 Å². The van der Waals surface area contributed by atoms with E-state index in [-0.39, 0.29) is 11.6 Å². The van der Waals surface area contributed by atoms with Crippen LogP contribution in [0.15, 0.2) is 12.4 Å². The van der Waals surface area contributed by atoms with E-state index in [1.165, 1.54) is 12.8 Å². The largest absolute Gasteiger partial charge is 0.390 e. The summed E-state index contributed by atoms with van der Waals surface area (Å²) < 4.78 is 1.98. The first-order valence-corrected chi connectivity index (χ1v) is 8.50. The second kappa shape index (κ2) is 7.57. The standard InChI is InChI=1S/C17H32N4O/c1-14-5-7-20(8-6-14)13-16(22)11-18-9-15-10-19-21(12-15)17(2,3)4/h10,12,14,16,18,22H,5-9,11,13H2,1-4H3. The Morgan fingerprint density at radius 1 is 1.36 bits per heavy atom. The summed E-state index contributed by atoms with van der Waals surface area (Å²) in [6, 6.07) is 0. The Hall–Kier alpha value is -0.910. The molecule has 2 N–H and O–H groups in total. The van der Waals surface area contributed by atoms with Crippen molar-refractivity contribution in [2.45, 2.75) is 58.7 Å². The van der Waals surface area contributed by atoms with Gasteiger partial charge in [0.1, 0.15) is 0 Å². The Balaban J connectivity index is 1.66. The molecule has 0 amide bonds. The number of hydrogen-bond donors (Lipinski definition) is 2. The molecule has 2 rings (SSSR count). The number of aliphatic hydroxyl groups excluding tert-OH is 1. The number of piperidine rings is 1. The Morgan fingerprint density at radius 2 is 2.05 bits per heavy atom. The molecule has 0 aromatic carbocycles. The van der Waals surface area contributed by atoms with Crippen LogP contribution in [0.1, 0.15) is 46.1 Å². The van der Waals surface area contributed by atoms with Gasteiger partial charge in [-0.1, -0.05) is 6.92 Å². The summed E-state index contributed by atoms with van der Waals surface area (Å²) in [5.74, 6) is 0.839. The molecule has 22 heavy (non-hydrogen) atoms. The molecule has 5 nitrogen and oxygen atoms in total. The molecule has 1 aromatic rings. The van der Waals surface area contributed by atoms with Crippen LogP contribution in [0.5, 0.6) is 0 Å². The highest BCUT2D eigenvalue weighted by molar-refractivity contribution is 5.04. The third-order valence-electron chi connectivity index (χ3n) is 4.38. The highest BCUT2D eigenvalue weighted by atomic mass is 16.3. The number of rotatable bonds is 6. The summed E-state index contributed by atoms with van der Waals surface area (Å²) in [7, 11) is 0. The second-order valence-corrected chi connectivity index (χ2v) is 7.73. The fraction of sp³-hybridized carbons (Fsp3) is 0.824. The lowest BCUT2D eigenvalue weighted by Crippen LogP contribution is -2.41. The number of nitrogens with zero attached hydrogens (tertiary/aromatic N) is 3. The Kier molecular flexibility index (Phi) is 6.01. The Morgan fingerprint density at radius 3 is 2.64 bits per heavy atom. The minimum Gasteiger partial charge on any atom is -0.390 e. The van der Waals surface area contributed by atoms with Gasteiger partial charge in [0.15, 0.2) is 0 Å². The summed E-state index contributed by atoms with van der Waals surface area (Å²) in [5, 5.41) is 17.9. The van der Waals surface area contributed by atoms with Crippen LogP contribution in [-0.2, 0) is 12.1 Å². The predicted octanol–water partition coefficient (Wildman–Crippen LogP) is 1.82. The maximum atomic E-state index is 10.2. The van der Waals surface area contributed by atoms with E-state index in [0.717, 1.165) is 37.7 Å². The normalized spacial score (nSPS) is 19.5. The van der Waals surface area contributed by atoms with Crippen molar-refractivity contribution in [3.8, 4) is 0 Å². The average molecular weight is 308 g/mol. The average Bonchev–Trinajstić information content (AvgIpc) is 2.90. The van der Waals surface area contributed by atoms with Gasteiger partial charge >= 0.3 is 0 Å². The minimum absolute atomic E-state index is 0.0170. The van der Waals surface area contributed by atoms with Crippen LogP contribution in [0, 0.1) is 5.92 Å². The first-order valence-electron chi connectivity index (χ1n) is 8.50. The maximum absolute atomic E-state index is 10.2. The molecule has 0 aliphatic carbocycles. The molecule has 1 saturated heterocycles. The van der Waals surface area contributed by atoms with Gasteiger partial charge in [0.25, 0.3) is 0 Å². The van der Waals surface area contributed by atoms with Crippen LogP contribution in [0.2, 0.25) is 0 Å². The van der Waals surface area contributed by atoms with Crippen molar-refractivity contribution in [3.63, 3.8) is 0 Å². The molecule has 1 aliphatic heterocycles. The second-order valence-electron chi connectivity index (χ2n) is 7.73. The fourth-order valence-electron chi connectivity index (χ4n) is 2.81. The lowest BCUT2D eigenvalue weighted by Gasteiger charge is -2.31. The van der Waals surface area contributed by atoms with Gasteiger partial charge in [0.2, 0.25) is 0 Å². The molecular weight excluding hydrogens is 276 g/mol. The summed E-state index contributed by atoms with van der Waals surface area (Å²) >= 11 is 0. The van der Waals surface area contributed by atoms with Crippen LogP contribution in [0.3, 0.4) is 0 Å². The first kappa shape index (κ1) is 17.4. The quantitative estimate of drug-likeness (QED) is 0.842. The van der Waals surface area contributed by atoms with Gasteiger partial charge in [0, 0.05) is 31.4 Å². The van der Waals surface area contributed by atoms with Gasteiger partial charge < -0.3 is 15.3 Å². The first-order chi connectivity index (χ1) is 10.3. The summed E-state index contributed by atoms with van der Waals surface area (Å²) in [5.41, 5.74) is 1.18. The van der Waals surface area contributed by atoms with Crippen molar-refractivity contribution in [1.82, 2.24) is 20.0 Å². The van der Waals surface area contributed by atoms with Crippen LogP contribution >= 0.6 is 0 Å². The van der Waals surface area contributed by atoms with Crippen molar-refractivity contribution in [2.75, 3.05) is 26.2 Å². The Bertz CT molecular complexity index is 444. The number of likely N-dealkylation sites (tertiary alicyclic amines) is 1. The SMILES string of the molecule is CC1CCN(CC(O)CNCc2cnn(C(C)(C)C)c2)CC1. The zero-order chi connectivity index (χ0) is 16.2. The molecule has 2 heterocycles. The number of hydrogen-bond acceptors (Lipinski definition) is 4. The van der Waals surface area contributed by atoms with Crippen LogP contribution < -0.4 is 5.32 Å². The van der Waals surface area contributed by atoms with Crippen LogP contribution in [0.25, 0.3) is 0 Å². The van der Waals surface area contributed by atoms with E-state index in [2.05, 4.69) is 49.2 Å². The number of aliphatic hydroxyl groups is 1. The van der Waals surface area contributed by atoms with E-state index in [1.54, 1.807) is 0 Å². The molecule has 1 unspecified atom stereocenters. The molecule has 1 atom stereocenters. The third-order valence-corrected chi connectivity index (χ3v) is 4.38. The Labute approximate surface area is 134 Å². The molecule has 1 aromatic heterocycles. The summed E-state index contributed by atoms with van der Waals surface area (Å²) in [6.45, 7) is 13.1. The molecule has 0 saturated carbocycles. The maximum Gasteiger partial charge on any atom is 0.0791 e. The molecular formula is C17H32N4O. The lowest BCUT2D eigenvalue weighted by molar-refractivity contribution is 0.0907. The van der Waals surface area contributed by atoms with Crippen molar-refractivity contribution >= 4 is 0 Å². The van der Waals surface area contributed by atoms with E-state index < -0.39 is 0 Å². The highest BCUT2D eigenvalue weighted by Crippen LogP contribution is 2.16. The molecule has 0 spiro atoms. The highest BCUT2D eigenvalue weighted by Gasteiger charge is 2.18. The number of β-amino-alcohol motifs (C(OH)–C–C–N with tert-alkyl or cyclic N) is 1. The van der Waals surface area contributed by atoms with Gasteiger partial charge in [0.05, 0.1) is 17.8 Å². The zero-order valence-electron chi connectivity index (χ0n) is 14.5. The smallest absolute Gasteiger partial charge is 0.0791 e. The van der Waals surface area contributed by atoms with Gasteiger partial charge in [-0.25, -0.2) is 0 Å². The van der Waals surface area contributed by atoms with E-state index in [1.807, 2.05) is 10.9 Å². The van der Waals surface area contributed by atoms with Crippen molar-refractivity contribution < 1.29 is 5.11 Å². The van der Waals surface area contributed by atoms with Gasteiger partial charge in [-0.05, 0) is 52.6 Å². The van der Waals surface area contributed by atoms with Crippen molar-refractivity contribution in [3.05, 3.63) is 18.0 Å². The number of aromatic nitrogens is 2. The van der Waals surface area contributed by atoms with E-state index in [4.69, 9.17) is 0 Å². The zero-order valence-corrected chi connectivity index (χ0v) is 14.5. The molecule has 5 heteroatoms. The summed E-state index contributed by atoms with van der Waals surface area (Å²) in [6.07, 6.45) is 6.19. The van der Waals surface area contributed by atoms with Gasteiger partial charge in [-0.15, -0.1) is 0 Å². The molecule has 0 radical (unpaired) electrons. The molecule has 1 fully saturated rings. The van der Waals surface area contributed by atoms with Crippen molar-refractivity contribution in [2.24, 2.45) is 5.92 Å². The lowest BCUT2D eigenvalue weighted by atomic mass is 9.99. The van der Waals surface area contributed by atoms with E-state index in [0.29, 0.717) is 6.54 Å². The van der Waals surface area contributed by atoms with Crippen molar-refractivity contribution in [1.29, 1.82) is 0 Å². The predicted molar refractivity (Wildman–Crippen MR) is 89.8 cm³/mol. The molecule has 126 valence electrons. The molecule has 0 bridgehead atoms. The summed E-state index contributed by atoms with van der Waals surface area (Å²) in [4.78, 5) is 2.38. The van der Waals surface area contributed by atoms with E-state index in [9.17, 15) is 5.11 Å². The van der Waals surface area contributed by atoms with Gasteiger partial charge in [-0.3, -0.25) is 4.68 Å².